The molecule has 1 heterocycles. The third-order valence-corrected chi connectivity index (χ3v) is 5.08. The summed E-state index contributed by atoms with van der Waals surface area (Å²) in [5, 5.41) is 2.94. The number of aromatic nitrogens is 1. The number of amides is 1. The van der Waals surface area contributed by atoms with Crippen LogP contribution in [0.5, 0.6) is 11.5 Å². The van der Waals surface area contributed by atoms with Crippen molar-refractivity contribution in [3.05, 3.63) is 83.2 Å². The number of hydrogen-bond acceptors (Lipinski definition) is 4. The lowest BCUT2D eigenvalue weighted by atomic mass is 10.1. The molecular formula is C27H32N2O3. The van der Waals surface area contributed by atoms with Gasteiger partial charge in [0.2, 0.25) is 0 Å². The molecule has 168 valence electrons. The minimum absolute atomic E-state index is 0.113. The van der Waals surface area contributed by atoms with Gasteiger partial charge in [-0.3, -0.25) is 9.78 Å². The number of carbonyl (C=O) groups is 1. The van der Waals surface area contributed by atoms with Crippen LogP contribution in [0.3, 0.4) is 0 Å². The van der Waals surface area contributed by atoms with Crippen molar-refractivity contribution in [2.45, 2.75) is 59.7 Å². The topological polar surface area (TPSA) is 60.5 Å². The Hall–Kier alpha value is -3.18. The van der Waals surface area contributed by atoms with E-state index in [2.05, 4.69) is 23.3 Å². The van der Waals surface area contributed by atoms with Crippen molar-refractivity contribution in [2.24, 2.45) is 0 Å². The summed E-state index contributed by atoms with van der Waals surface area (Å²) in [6.45, 7) is 9.94. The number of anilines is 1. The lowest BCUT2D eigenvalue weighted by Gasteiger charge is -2.17. The number of pyridine rings is 1. The summed E-state index contributed by atoms with van der Waals surface area (Å²) in [7, 11) is 0. The zero-order chi connectivity index (χ0) is 23.1. The Bertz CT molecular complexity index is 1050. The molecule has 32 heavy (non-hydrogen) atoms. The van der Waals surface area contributed by atoms with Gasteiger partial charge in [-0.15, -0.1) is 0 Å². The van der Waals surface area contributed by atoms with Crippen LogP contribution >= 0.6 is 0 Å². The predicted molar refractivity (Wildman–Crippen MR) is 129 cm³/mol. The third-order valence-electron chi connectivity index (χ3n) is 5.08. The molecule has 0 saturated heterocycles. The number of hydrogen-bond donors (Lipinski definition) is 1. The average molecular weight is 433 g/mol. The number of aryl methyl sites for hydroxylation is 2. The molecule has 0 spiro atoms. The van der Waals surface area contributed by atoms with Crippen LogP contribution in [0.4, 0.5) is 5.69 Å². The fourth-order valence-corrected chi connectivity index (χ4v) is 3.54. The lowest BCUT2D eigenvalue weighted by molar-refractivity contribution is 0.0154. The highest BCUT2D eigenvalue weighted by molar-refractivity contribution is 6.05. The highest BCUT2D eigenvalue weighted by Gasteiger charge is 2.15. The molecule has 0 fully saturated rings. The maximum absolute atomic E-state index is 12.8. The monoisotopic (exact) mass is 432 g/mol. The maximum atomic E-state index is 12.8. The zero-order valence-electron chi connectivity index (χ0n) is 19.5. The first-order valence-corrected chi connectivity index (χ1v) is 11.2. The van der Waals surface area contributed by atoms with E-state index in [1.165, 1.54) is 5.56 Å². The highest BCUT2D eigenvalue weighted by atomic mass is 16.5. The van der Waals surface area contributed by atoms with Gasteiger partial charge in [0.25, 0.3) is 5.91 Å². The fourth-order valence-electron chi connectivity index (χ4n) is 3.54. The van der Waals surface area contributed by atoms with E-state index >= 15 is 0 Å². The molecule has 3 rings (SSSR count). The Morgan fingerprint density at radius 1 is 1.00 bits per heavy atom. The van der Waals surface area contributed by atoms with Gasteiger partial charge in [0.1, 0.15) is 11.5 Å². The van der Waals surface area contributed by atoms with Crippen molar-refractivity contribution in [1.82, 2.24) is 4.98 Å². The number of carbonyl (C=O) groups excluding carboxylic acids is 1. The number of nitrogens with zero attached hydrogens (tertiary/aromatic N) is 1. The summed E-state index contributed by atoms with van der Waals surface area (Å²) in [5.74, 6) is 1.40. The van der Waals surface area contributed by atoms with E-state index < -0.39 is 0 Å². The smallest absolute Gasteiger partial charge is 0.257 e. The first-order valence-electron chi connectivity index (χ1n) is 11.2. The first kappa shape index (κ1) is 23.5. The molecule has 0 aliphatic rings. The summed E-state index contributed by atoms with van der Waals surface area (Å²) < 4.78 is 11.8. The van der Waals surface area contributed by atoms with E-state index in [9.17, 15) is 4.79 Å². The minimum Gasteiger partial charge on any atom is -0.457 e. The predicted octanol–water partition coefficient (Wildman–Crippen LogP) is 6.87. The summed E-state index contributed by atoms with van der Waals surface area (Å²) in [6.07, 6.45) is 2.02. The van der Waals surface area contributed by atoms with Crippen LogP contribution in [0.15, 0.2) is 60.7 Å². The molecule has 0 bridgehead atoms. The summed E-state index contributed by atoms with van der Waals surface area (Å²) >= 11 is 0. The average Bonchev–Trinajstić information content (AvgIpc) is 2.76. The molecule has 0 aliphatic heterocycles. The molecule has 5 heteroatoms. The molecule has 0 aliphatic carbocycles. The number of ether oxygens (including phenoxy) is 2. The molecule has 0 saturated carbocycles. The van der Waals surface area contributed by atoms with E-state index in [0.29, 0.717) is 16.9 Å². The van der Waals surface area contributed by atoms with E-state index in [0.717, 1.165) is 30.0 Å². The van der Waals surface area contributed by atoms with Crippen molar-refractivity contribution < 1.29 is 14.3 Å². The molecule has 0 radical (unpaired) electrons. The molecule has 1 amide bonds. The van der Waals surface area contributed by atoms with E-state index in [4.69, 9.17) is 9.47 Å². The molecule has 3 aromatic rings. The van der Waals surface area contributed by atoms with Crippen LogP contribution in [-0.4, -0.2) is 17.0 Å². The van der Waals surface area contributed by atoms with Crippen molar-refractivity contribution >= 4 is 11.6 Å². The summed E-state index contributed by atoms with van der Waals surface area (Å²) in [6, 6.07) is 19.1. The molecule has 5 nitrogen and oxygen atoms in total. The Labute approximate surface area is 190 Å². The first-order chi connectivity index (χ1) is 15.4. The molecule has 1 unspecified atom stereocenters. The number of benzene rings is 2. The highest BCUT2D eigenvalue weighted by Crippen LogP contribution is 2.27. The third kappa shape index (κ3) is 6.17. The Morgan fingerprint density at radius 2 is 1.72 bits per heavy atom. The van der Waals surface area contributed by atoms with Crippen molar-refractivity contribution in [3.63, 3.8) is 0 Å². The van der Waals surface area contributed by atoms with Gasteiger partial charge in [0.15, 0.2) is 0 Å². The van der Waals surface area contributed by atoms with Crippen LogP contribution in [0.2, 0.25) is 0 Å². The van der Waals surface area contributed by atoms with Gasteiger partial charge in [0, 0.05) is 5.69 Å². The maximum Gasteiger partial charge on any atom is 0.257 e. The fraction of sp³-hybridized carbons (Fsp3) is 0.333. The summed E-state index contributed by atoms with van der Waals surface area (Å²) in [4.78, 5) is 17.3. The van der Waals surface area contributed by atoms with Crippen LogP contribution < -0.4 is 10.1 Å². The van der Waals surface area contributed by atoms with Crippen LogP contribution in [0.1, 0.15) is 67.5 Å². The van der Waals surface area contributed by atoms with Crippen LogP contribution in [0.25, 0.3) is 0 Å². The normalized spacial score (nSPS) is 11.9. The van der Waals surface area contributed by atoms with Gasteiger partial charge in [-0.2, -0.15) is 0 Å². The molecule has 1 N–H and O–H groups in total. The Morgan fingerprint density at radius 3 is 2.38 bits per heavy atom. The largest absolute Gasteiger partial charge is 0.457 e. The van der Waals surface area contributed by atoms with Gasteiger partial charge >= 0.3 is 0 Å². The zero-order valence-corrected chi connectivity index (χ0v) is 19.5. The minimum atomic E-state index is -0.194. The van der Waals surface area contributed by atoms with E-state index in [-0.39, 0.29) is 18.1 Å². The molecule has 1 aromatic heterocycles. The second kappa shape index (κ2) is 10.9. The number of para-hydroxylation sites is 1. The summed E-state index contributed by atoms with van der Waals surface area (Å²) in [5.41, 5.74) is 3.92. The standard InChI is InChI=1S/C27H32N2O3/c1-6-9-21-10-7-8-11-26(21)32-23-14-12-22(13-15-23)29-27(30)24-16-17-25(28-19(24)4)20(5)31-18(2)3/h7-8,10-18,20H,6,9H2,1-5H3,(H,29,30). The second-order valence-corrected chi connectivity index (χ2v) is 8.13. The van der Waals surface area contributed by atoms with Gasteiger partial charge in [-0.1, -0.05) is 31.5 Å². The number of rotatable bonds is 9. The SMILES string of the molecule is CCCc1ccccc1Oc1ccc(NC(=O)c2ccc(C(C)OC(C)C)nc2C)cc1. The van der Waals surface area contributed by atoms with Crippen LogP contribution in [0, 0.1) is 6.92 Å². The lowest BCUT2D eigenvalue weighted by Crippen LogP contribution is -2.16. The molecular weight excluding hydrogens is 400 g/mol. The van der Waals surface area contributed by atoms with Crippen molar-refractivity contribution in [1.29, 1.82) is 0 Å². The van der Waals surface area contributed by atoms with Gasteiger partial charge in [-0.05, 0) is 82.1 Å². The molecule has 2 aromatic carbocycles. The van der Waals surface area contributed by atoms with Gasteiger partial charge < -0.3 is 14.8 Å². The van der Waals surface area contributed by atoms with Gasteiger partial charge in [-0.25, -0.2) is 0 Å². The van der Waals surface area contributed by atoms with Gasteiger partial charge in [0.05, 0.1) is 29.2 Å². The quantitative estimate of drug-likeness (QED) is 0.401. The second-order valence-electron chi connectivity index (χ2n) is 8.13. The van der Waals surface area contributed by atoms with E-state index in [1.54, 1.807) is 6.07 Å². The van der Waals surface area contributed by atoms with E-state index in [1.807, 2.05) is 76.2 Å². The Kier molecular flexibility index (Phi) is 8.01. The Balaban J connectivity index is 1.66. The van der Waals surface area contributed by atoms with Crippen molar-refractivity contribution in [2.75, 3.05) is 5.32 Å². The molecule has 1 atom stereocenters. The van der Waals surface area contributed by atoms with Crippen LogP contribution in [-0.2, 0) is 11.2 Å². The number of nitrogens with one attached hydrogen (secondary N) is 1. The van der Waals surface area contributed by atoms with Crippen molar-refractivity contribution in [3.8, 4) is 11.5 Å².